The molecule has 3 aromatic rings. The maximum absolute atomic E-state index is 12.5. The summed E-state index contributed by atoms with van der Waals surface area (Å²) in [5, 5.41) is 3.64. The van der Waals surface area contributed by atoms with Crippen molar-refractivity contribution in [3.63, 3.8) is 0 Å². The van der Waals surface area contributed by atoms with Crippen LogP contribution in [-0.4, -0.2) is 34.7 Å². The Morgan fingerprint density at radius 3 is 2.43 bits per heavy atom. The number of aromatic nitrogens is 1. The van der Waals surface area contributed by atoms with Gasteiger partial charge >= 0.3 is 0 Å². The fourth-order valence-corrected chi connectivity index (χ4v) is 3.62. The highest BCUT2D eigenvalue weighted by molar-refractivity contribution is 7.99. The van der Waals surface area contributed by atoms with Gasteiger partial charge in [-0.1, -0.05) is 17.8 Å². The van der Waals surface area contributed by atoms with Gasteiger partial charge in [0.15, 0.2) is 0 Å². The average Bonchev–Trinajstić information content (AvgIpc) is 2.93. The zero-order chi connectivity index (χ0) is 19.7. The number of carbonyl (C=O) groups is 3. The number of pyridine rings is 1. The van der Waals surface area contributed by atoms with Crippen molar-refractivity contribution in [1.29, 1.82) is 0 Å². The molecule has 0 radical (unpaired) electrons. The number of nitrogens with one attached hydrogen (secondary N) is 1. The molecular formula is C21H15N3O3S. The van der Waals surface area contributed by atoms with E-state index in [9.17, 15) is 14.4 Å². The van der Waals surface area contributed by atoms with Crippen molar-refractivity contribution in [2.75, 3.05) is 12.4 Å². The number of hydrogen-bond donors (Lipinski definition) is 1. The topological polar surface area (TPSA) is 79.4 Å². The van der Waals surface area contributed by atoms with Crippen LogP contribution in [0.5, 0.6) is 0 Å². The summed E-state index contributed by atoms with van der Waals surface area (Å²) in [5.41, 5.74) is 1.60. The molecular weight excluding hydrogens is 374 g/mol. The Bertz CT molecular complexity index is 1080. The van der Waals surface area contributed by atoms with Crippen LogP contribution in [0.25, 0.3) is 0 Å². The van der Waals surface area contributed by atoms with Gasteiger partial charge in [0.25, 0.3) is 17.7 Å². The van der Waals surface area contributed by atoms with Gasteiger partial charge in [0.05, 0.1) is 11.1 Å². The number of amides is 3. The fourth-order valence-electron chi connectivity index (χ4n) is 2.84. The molecule has 0 saturated heterocycles. The minimum absolute atomic E-state index is 0.292. The van der Waals surface area contributed by atoms with Crippen LogP contribution in [0, 0.1) is 0 Å². The molecule has 28 heavy (non-hydrogen) atoms. The van der Waals surface area contributed by atoms with Crippen LogP contribution < -0.4 is 5.32 Å². The SMILES string of the molecule is CN1C(=O)c2ccc(NC(=O)c3ccc(Sc4ccccn4)cc3)cc2C1=O. The minimum Gasteiger partial charge on any atom is -0.322 e. The third-order valence-electron chi connectivity index (χ3n) is 4.32. The molecule has 0 atom stereocenters. The van der Waals surface area contributed by atoms with E-state index in [2.05, 4.69) is 10.3 Å². The number of imide groups is 1. The lowest BCUT2D eigenvalue weighted by Crippen LogP contribution is -2.24. The van der Waals surface area contributed by atoms with Gasteiger partial charge in [0.1, 0.15) is 5.03 Å². The molecule has 1 aliphatic rings. The molecule has 138 valence electrons. The van der Waals surface area contributed by atoms with Crippen LogP contribution in [-0.2, 0) is 0 Å². The van der Waals surface area contributed by atoms with Gasteiger partial charge in [-0.25, -0.2) is 4.98 Å². The summed E-state index contributed by atoms with van der Waals surface area (Å²) in [5.74, 6) is -0.995. The molecule has 0 saturated carbocycles. The van der Waals surface area contributed by atoms with Gasteiger partial charge in [-0.05, 0) is 54.6 Å². The second-order valence-corrected chi connectivity index (χ2v) is 7.27. The molecule has 1 aromatic heterocycles. The Morgan fingerprint density at radius 2 is 1.71 bits per heavy atom. The van der Waals surface area contributed by atoms with Crippen molar-refractivity contribution in [3.05, 3.63) is 83.6 Å². The Kier molecular flexibility index (Phi) is 4.67. The number of hydrogen-bond acceptors (Lipinski definition) is 5. The van der Waals surface area contributed by atoms with Crippen molar-refractivity contribution in [2.24, 2.45) is 0 Å². The molecule has 1 N–H and O–H groups in total. The first-order chi connectivity index (χ1) is 13.5. The first kappa shape index (κ1) is 17.9. The molecule has 0 fully saturated rings. The van der Waals surface area contributed by atoms with E-state index in [4.69, 9.17) is 0 Å². The average molecular weight is 389 g/mol. The number of benzene rings is 2. The van der Waals surface area contributed by atoms with Gasteiger partial charge in [-0.3, -0.25) is 19.3 Å². The molecule has 0 spiro atoms. The molecule has 3 amide bonds. The molecule has 0 unspecified atom stereocenters. The fraction of sp³-hybridized carbons (Fsp3) is 0.0476. The largest absolute Gasteiger partial charge is 0.322 e. The second kappa shape index (κ2) is 7.28. The van der Waals surface area contributed by atoms with Gasteiger partial charge < -0.3 is 5.32 Å². The van der Waals surface area contributed by atoms with Crippen molar-refractivity contribution >= 4 is 35.2 Å². The van der Waals surface area contributed by atoms with E-state index < -0.39 is 0 Å². The van der Waals surface area contributed by atoms with Crippen molar-refractivity contribution in [3.8, 4) is 0 Å². The summed E-state index contributed by atoms with van der Waals surface area (Å²) in [6, 6.07) is 17.6. The van der Waals surface area contributed by atoms with E-state index in [1.54, 1.807) is 30.5 Å². The lowest BCUT2D eigenvalue weighted by molar-refractivity contribution is 0.0692. The van der Waals surface area contributed by atoms with Gasteiger partial charge in [-0.15, -0.1) is 0 Å². The van der Waals surface area contributed by atoms with Crippen LogP contribution in [0.1, 0.15) is 31.1 Å². The maximum Gasteiger partial charge on any atom is 0.261 e. The smallest absolute Gasteiger partial charge is 0.261 e. The second-order valence-electron chi connectivity index (χ2n) is 6.18. The zero-order valence-electron chi connectivity index (χ0n) is 14.9. The minimum atomic E-state index is -0.369. The van der Waals surface area contributed by atoms with Crippen molar-refractivity contribution < 1.29 is 14.4 Å². The summed E-state index contributed by atoms with van der Waals surface area (Å²) in [4.78, 5) is 42.8. The lowest BCUT2D eigenvalue weighted by atomic mass is 10.1. The summed E-state index contributed by atoms with van der Waals surface area (Å²) >= 11 is 1.51. The highest BCUT2D eigenvalue weighted by atomic mass is 32.2. The third-order valence-corrected chi connectivity index (χ3v) is 5.28. The Labute approximate surface area is 165 Å². The van der Waals surface area contributed by atoms with E-state index in [0.29, 0.717) is 22.4 Å². The Balaban J connectivity index is 1.47. The number of nitrogens with zero attached hydrogens (tertiary/aromatic N) is 2. The van der Waals surface area contributed by atoms with Gasteiger partial charge in [0.2, 0.25) is 0 Å². The molecule has 7 heteroatoms. The van der Waals surface area contributed by atoms with E-state index in [-0.39, 0.29) is 17.7 Å². The molecule has 6 nitrogen and oxygen atoms in total. The predicted octanol–water partition coefficient (Wildman–Crippen LogP) is 3.71. The highest BCUT2D eigenvalue weighted by Gasteiger charge is 2.32. The summed E-state index contributed by atoms with van der Waals surface area (Å²) < 4.78 is 0. The Morgan fingerprint density at radius 1 is 0.964 bits per heavy atom. The Hall–Kier alpha value is -3.45. The number of rotatable bonds is 4. The predicted molar refractivity (Wildman–Crippen MR) is 106 cm³/mol. The van der Waals surface area contributed by atoms with E-state index >= 15 is 0 Å². The quantitative estimate of drug-likeness (QED) is 0.688. The molecule has 0 aliphatic carbocycles. The molecule has 4 rings (SSSR count). The monoisotopic (exact) mass is 389 g/mol. The number of carbonyl (C=O) groups excluding carboxylic acids is 3. The molecule has 0 bridgehead atoms. The third kappa shape index (κ3) is 3.39. The molecule has 1 aliphatic heterocycles. The van der Waals surface area contributed by atoms with Crippen molar-refractivity contribution in [2.45, 2.75) is 9.92 Å². The summed E-state index contributed by atoms with van der Waals surface area (Å²) in [6.45, 7) is 0. The van der Waals surface area contributed by atoms with Gasteiger partial charge in [-0.2, -0.15) is 0 Å². The highest BCUT2D eigenvalue weighted by Crippen LogP contribution is 2.27. The van der Waals surface area contributed by atoms with Crippen LogP contribution in [0.3, 0.4) is 0 Å². The normalized spacial score (nSPS) is 12.8. The molecule has 2 aromatic carbocycles. The van der Waals surface area contributed by atoms with E-state index in [1.807, 2.05) is 30.3 Å². The van der Waals surface area contributed by atoms with E-state index in [0.717, 1.165) is 14.8 Å². The van der Waals surface area contributed by atoms with Crippen LogP contribution in [0.2, 0.25) is 0 Å². The zero-order valence-corrected chi connectivity index (χ0v) is 15.7. The standard InChI is InChI=1S/C21H15N3O3S/c1-24-20(26)16-10-7-14(12-17(16)21(24)27)23-19(25)13-5-8-15(9-6-13)28-18-4-2-3-11-22-18/h2-12H,1H3,(H,23,25). The first-order valence-electron chi connectivity index (χ1n) is 8.49. The summed E-state index contributed by atoms with van der Waals surface area (Å²) in [7, 11) is 1.44. The van der Waals surface area contributed by atoms with Crippen LogP contribution in [0.4, 0.5) is 5.69 Å². The van der Waals surface area contributed by atoms with Crippen molar-refractivity contribution in [1.82, 2.24) is 9.88 Å². The lowest BCUT2D eigenvalue weighted by Gasteiger charge is -2.07. The van der Waals surface area contributed by atoms with Crippen LogP contribution >= 0.6 is 11.8 Å². The number of anilines is 1. The van der Waals surface area contributed by atoms with E-state index in [1.165, 1.54) is 24.9 Å². The van der Waals surface area contributed by atoms with Gasteiger partial charge in [0, 0.05) is 29.4 Å². The first-order valence-corrected chi connectivity index (χ1v) is 9.31. The maximum atomic E-state index is 12.5. The molecule has 2 heterocycles. The van der Waals surface area contributed by atoms with Crippen LogP contribution in [0.15, 0.2) is 76.8 Å². The number of fused-ring (bicyclic) bond motifs is 1. The summed E-state index contributed by atoms with van der Waals surface area (Å²) in [6.07, 6.45) is 1.73.